The standard InChI is InChI=1S/C22H21N3O5S/c23-11-17-12-4-1-6-14(12)21(15-7-2-5-13(15)17)24-22(27)25-31(28,29)20-10-16-18(26)8-3-9-19(16)30-20/h3,8,10,18,26H,1-2,4-7,9H2,(H2,24,25,27). The average molecular weight is 439 g/mol. The lowest BCUT2D eigenvalue weighted by molar-refractivity contribution is 0.222. The Bertz CT molecular complexity index is 1250. The van der Waals surface area contributed by atoms with Gasteiger partial charge in [0.15, 0.2) is 0 Å². The highest BCUT2D eigenvalue weighted by Crippen LogP contribution is 2.41. The van der Waals surface area contributed by atoms with Crippen LogP contribution in [0.2, 0.25) is 0 Å². The van der Waals surface area contributed by atoms with Gasteiger partial charge in [-0.15, -0.1) is 0 Å². The molecule has 2 aromatic rings. The smallest absolute Gasteiger partial charge is 0.333 e. The van der Waals surface area contributed by atoms with Gasteiger partial charge in [0.1, 0.15) is 11.9 Å². The number of nitriles is 1. The molecule has 0 spiro atoms. The quantitative estimate of drug-likeness (QED) is 0.630. The van der Waals surface area contributed by atoms with Gasteiger partial charge in [0.25, 0.3) is 10.0 Å². The number of hydrogen-bond acceptors (Lipinski definition) is 6. The van der Waals surface area contributed by atoms with Gasteiger partial charge in [0.2, 0.25) is 5.09 Å². The van der Waals surface area contributed by atoms with Crippen LogP contribution in [0.3, 0.4) is 0 Å². The minimum atomic E-state index is -4.26. The van der Waals surface area contributed by atoms with E-state index in [0.29, 0.717) is 23.4 Å². The summed E-state index contributed by atoms with van der Waals surface area (Å²) in [7, 11) is -4.26. The number of anilines is 1. The fourth-order valence-electron chi connectivity index (χ4n) is 4.92. The lowest BCUT2D eigenvalue weighted by Gasteiger charge is -2.18. The van der Waals surface area contributed by atoms with Crippen molar-refractivity contribution >= 4 is 21.7 Å². The molecule has 160 valence electrons. The topological polar surface area (TPSA) is 132 Å². The first kappa shape index (κ1) is 19.8. The van der Waals surface area contributed by atoms with Crippen molar-refractivity contribution in [3.8, 4) is 6.07 Å². The van der Waals surface area contributed by atoms with Crippen LogP contribution in [-0.2, 0) is 42.1 Å². The fraction of sp³-hybridized carbons (Fsp3) is 0.364. The molecule has 31 heavy (non-hydrogen) atoms. The minimum absolute atomic E-state index is 0.360. The number of urea groups is 1. The second-order valence-electron chi connectivity index (χ2n) is 8.06. The molecule has 0 aliphatic heterocycles. The van der Waals surface area contributed by atoms with Crippen molar-refractivity contribution in [1.29, 1.82) is 5.26 Å². The predicted molar refractivity (Wildman–Crippen MR) is 111 cm³/mol. The van der Waals surface area contributed by atoms with E-state index in [1.165, 1.54) is 6.07 Å². The van der Waals surface area contributed by atoms with Crippen molar-refractivity contribution in [2.45, 2.75) is 56.1 Å². The maximum Gasteiger partial charge on any atom is 0.333 e. The zero-order valence-corrected chi connectivity index (χ0v) is 17.5. The van der Waals surface area contributed by atoms with Crippen LogP contribution in [0.5, 0.6) is 0 Å². The number of benzene rings is 1. The normalized spacial score (nSPS) is 18.8. The van der Waals surface area contributed by atoms with Crippen molar-refractivity contribution in [3.63, 3.8) is 0 Å². The molecule has 0 fully saturated rings. The molecule has 1 aromatic heterocycles. The highest BCUT2D eigenvalue weighted by Gasteiger charge is 2.31. The van der Waals surface area contributed by atoms with Gasteiger partial charge in [0, 0.05) is 23.7 Å². The van der Waals surface area contributed by atoms with Gasteiger partial charge in [-0.3, -0.25) is 0 Å². The summed E-state index contributed by atoms with van der Waals surface area (Å²) in [5.74, 6) is 0.360. The SMILES string of the molecule is N#Cc1c2c(c(NC(=O)NS(=O)(=O)c3cc4c(o3)CC=CC4O)c3c1CCC3)CCC2. The summed E-state index contributed by atoms with van der Waals surface area (Å²) >= 11 is 0. The zero-order valence-electron chi connectivity index (χ0n) is 16.7. The third kappa shape index (κ3) is 3.23. The number of nitrogens with zero attached hydrogens (tertiary/aromatic N) is 1. The monoisotopic (exact) mass is 439 g/mol. The van der Waals surface area contributed by atoms with Crippen LogP contribution in [0.1, 0.15) is 58.1 Å². The van der Waals surface area contributed by atoms with Gasteiger partial charge < -0.3 is 14.8 Å². The van der Waals surface area contributed by atoms with Crippen LogP contribution >= 0.6 is 0 Å². The molecule has 1 atom stereocenters. The number of carbonyl (C=O) groups is 1. The van der Waals surface area contributed by atoms with Gasteiger partial charge in [-0.05, 0) is 60.8 Å². The molecule has 3 aliphatic carbocycles. The Morgan fingerprint density at radius 3 is 2.39 bits per heavy atom. The zero-order chi connectivity index (χ0) is 21.8. The van der Waals surface area contributed by atoms with Crippen LogP contribution in [0.25, 0.3) is 0 Å². The number of carbonyl (C=O) groups excluding carboxylic acids is 1. The maximum absolute atomic E-state index is 12.7. The highest BCUT2D eigenvalue weighted by molar-refractivity contribution is 7.89. The van der Waals surface area contributed by atoms with Crippen molar-refractivity contribution in [2.24, 2.45) is 0 Å². The van der Waals surface area contributed by atoms with Crippen LogP contribution in [0, 0.1) is 11.3 Å². The molecule has 0 saturated heterocycles. The Balaban J connectivity index is 1.43. The van der Waals surface area contributed by atoms with E-state index in [1.807, 2.05) is 4.72 Å². The van der Waals surface area contributed by atoms with E-state index in [0.717, 1.165) is 66.3 Å². The fourth-order valence-corrected chi connectivity index (χ4v) is 5.81. The number of amides is 2. The second-order valence-corrected chi connectivity index (χ2v) is 9.68. The molecular formula is C22H21N3O5S. The van der Waals surface area contributed by atoms with Crippen LogP contribution in [0.15, 0.2) is 27.7 Å². The lowest BCUT2D eigenvalue weighted by atomic mass is 9.93. The minimum Gasteiger partial charge on any atom is -0.447 e. The van der Waals surface area contributed by atoms with E-state index >= 15 is 0 Å². The van der Waals surface area contributed by atoms with Crippen LogP contribution < -0.4 is 10.0 Å². The highest BCUT2D eigenvalue weighted by atomic mass is 32.2. The number of furan rings is 1. The van der Waals surface area contributed by atoms with Crippen molar-refractivity contribution in [3.05, 3.63) is 57.4 Å². The summed E-state index contributed by atoms with van der Waals surface area (Å²) in [6.45, 7) is 0. The number of fused-ring (bicyclic) bond motifs is 3. The number of nitrogens with one attached hydrogen (secondary N) is 2. The van der Waals surface area contributed by atoms with E-state index in [9.17, 15) is 23.6 Å². The largest absolute Gasteiger partial charge is 0.447 e. The molecule has 1 unspecified atom stereocenters. The molecule has 1 heterocycles. The summed E-state index contributed by atoms with van der Waals surface area (Å²) in [6.07, 6.45) is 7.55. The van der Waals surface area contributed by atoms with Crippen molar-refractivity contribution in [1.82, 2.24) is 4.72 Å². The summed E-state index contributed by atoms with van der Waals surface area (Å²) in [6, 6.07) is 2.71. The molecule has 5 rings (SSSR count). The third-order valence-electron chi connectivity index (χ3n) is 6.24. The first-order valence-electron chi connectivity index (χ1n) is 10.3. The Morgan fingerprint density at radius 1 is 1.13 bits per heavy atom. The van der Waals surface area contributed by atoms with Crippen molar-refractivity contribution < 1.29 is 22.7 Å². The molecule has 0 radical (unpaired) electrons. The van der Waals surface area contributed by atoms with Gasteiger partial charge >= 0.3 is 6.03 Å². The first-order valence-corrected chi connectivity index (χ1v) is 11.8. The second kappa shape index (κ2) is 7.25. The van der Waals surface area contributed by atoms with Gasteiger partial charge in [-0.1, -0.05) is 12.2 Å². The van der Waals surface area contributed by atoms with E-state index in [4.69, 9.17) is 4.42 Å². The molecule has 3 N–H and O–H groups in total. The number of allylic oxidation sites excluding steroid dienone is 1. The summed E-state index contributed by atoms with van der Waals surface area (Å²) < 4.78 is 32.8. The lowest BCUT2D eigenvalue weighted by Crippen LogP contribution is -2.34. The van der Waals surface area contributed by atoms with Crippen LogP contribution in [0.4, 0.5) is 10.5 Å². The molecule has 8 nitrogen and oxygen atoms in total. The van der Waals surface area contributed by atoms with Crippen molar-refractivity contribution in [2.75, 3.05) is 5.32 Å². The maximum atomic E-state index is 12.7. The number of rotatable bonds is 3. The average Bonchev–Trinajstić information content (AvgIpc) is 3.47. The first-order chi connectivity index (χ1) is 14.9. The van der Waals surface area contributed by atoms with E-state index in [-0.39, 0.29) is 0 Å². The molecule has 3 aliphatic rings. The Labute approximate surface area is 179 Å². The molecule has 0 saturated carbocycles. The van der Waals surface area contributed by atoms with Crippen LogP contribution in [-0.4, -0.2) is 19.6 Å². The van der Waals surface area contributed by atoms with Gasteiger partial charge in [-0.25, -0.2) is 9.52 Å². The molecule has 0 bridgehead atoms. The molecule has 2 amide bonds. The van der Waals surface area contributed by atoms with Gasteiger partial charge in [0.05, 0.1) is 11.6 Å². The Kier molecular flexibility index (Phi) is 4.64. The predicted octanol–water partition coefficient (Wildman–Crippen LogP) is 2.78. The Morgan fingerprint density at radius 2 is 1.77 bits per heavy atom. The number of aliphatic hydroxyl groups is 1. The number of sulfonamides is 1. The molecule has 1 aromatic carbocycles. The van der Waals surface area contributed by atoms with Gasteiger partial charge in [-0.2, -0.15) is 13.7 Å². The summed E-state index contributed by atoms with van der Waals surface area (Å²) in [4.78, 5) is 12.7. The summed E-state index contributed by atoms with van der Waals surface area (Å²) in [5, 5.41) is 22.0. The summed E-state index contributed by atoms with van der Waals surface area (Å²) in [5.41, 5.74) is 5.57. The Hall–Kier alpha value is -3.09. The third-order valence-corrected chi connectivity index (χ3v) is 7.43. The number of hydrogen-bond donors (Lipinski definition) is 3. The van der Waals surface area contributed by atoms with E-state index in [2.05, 4.69) is 11.4 Å². The number of aliphatic hydroxyl groups excluding tert-OH is 1. The van der Waals surface area contributed by atoms with E-state index in [1.54, 1.807) is 12.2 Å². The molecule has 9 heteroatoms. The van der Waals surface area contributed by atoms with E-state index < -0.39 is 27.3 Å². The molecular weight excluding hydrogens is 418 g/mol.